The smallest absolute Gasteiger partial charge is 0.250 e. The molecule has 5 rings (SSSR count). The molecular weight excluding hydrogens is 364 g/mol. The van der Waals surface area contributed by atoms with Gasteiger partial charge >= 0.3 is 0 Å². The predicted molar refractivity (Wildman–Crippen MR) is 114 cm³/mol. The van der Waals surface area contributed by atoms with E-state index in [-0.39, 0.29) is 17.7 Å². The van der Waals surface area contributed by atoms with E-state index in [1.165, 1.54) is 11.3 Å². The summed E-state index contributed by atoms with van der Waals surface area (Å²) in [6.45, 7) is 2.65. The molecule has 29 heavy (non-hydrogen) atoms. The van der Waals surface area contributed by atoms with E-state index in [1.807, 2.05) is 12.3 Å². The second-order valence-electron chi connectivity index (χ2n) is 8.58. The van der Waals surface area contributed by atoms with Gasteiger partial charge in [0.15, 0.2) is 0 Å². The maximum absolute atomic E-state index is 12.3. The number of aliphatic hydroxyl groups excluding tert-OH is 1. The first-order valence-corrected chi connectivity index (χ1v) is 10.7. The van der Waals surface area contributed by atoms with Crippen molar-refractivity contribution in [2.75, 3.05) is 5.32 Å². The summed E-state index contributed by atoms with van der Waals surface area (Å²) in [5.74, 6) is 0.902. The van der Waals surface area contributed by atoms with Gasteiger partial charge in [0.05, 0.1) is 23.7 Å². The highest BCUT2D eigenvalue weighted by atomic mass is 16.3. The summed E-state index contributed by atoms with van der Waals surface area (Å²) in [5.41, 5.74) is 4.59. The van der Waals surface area contributed by atoms with Gasteiger partial charge in [0.2, 0.25) is 0 Å². The van der Waals surface area contributed by atoms with Crippen LogP contribution in [0.25, 0.3) is 11.0 Å². The first-order valence-electron chi connectivity index (χ1n) is 10.7. The van der Waals surface area contributed by atoms with Gasteiger partial charge < -0.3 is 19.6 Å². The molecule has 0 radical (unpaired) electrons. The molecule has 152 valence electrons. The third-order valence-electron chi connectivity index (χ3n) is 6.46. The fraction of sp³-hybridized carbons (Fsp3) is 0.478. The van der Waals surface area contributed by atoms with Crippen molar-refractivity contribution in [3.05, 3.63) is 58.3 Å². The minimum absolute atomic E-state index is 0.0210. The minimum Gasteiger partial charge on any atom is -0.393 e. The van der Waals surface area contributed by atoms with Crippen LogP contribution in [0.3, 0.4) is 0 Å². The van der Waals surface area contributed by atoms with Gasteiger partial charge in [0.1, 0.15) is 5.82 Å². The van der Waals surface area contributed by atoms with E-state index in [9.17, 15) is 9.90 Å². The van der Waals surface area contributed by atoms with E-state index < -0.39 is 0 Å². The summed E-state index contributed by atoms with van der Waals surface area (Å²) in [7, 11) is 0. The number of aryl methyl sites for hydroxylation is 1. The molecule has 0 spiro atoms. The normalized spacial score (nSPS) is 24.3. The van der Waals surface area contributed by atoms with Crippen LogP contribution in [0.2, 0.25) is 0 Å². The van der Waals surface area contributed by atoms with Crippen LogP contribution in [-0.4, -0.2) is 31.4 Å². The van der Waals surface area contributed by atoms with Crippen LogP contribution in [-0.2, 0) is 13.0 Å². The molecule has 1 fully saturated rings. The van der Waals surface area contributed by atoms with Crippen molar-refractivity contribution in [2.24, 2.45) is 0 Å². The number of aromatic nitrogens is 3. The third-order valence-corrected chi connectivity index (χ3v) is 6.46. The minimum atomic E-state index is -0.265. The Balaban J connectivity index is 1.66. The quantitative estimate of drug-likeness (QED) is 0.716. The Morgan fingerprint density at radius 3 is 2.93 bits per heavy atom. The SMILES string of the molecule is C[C@H]1CCc2c(ccc3c2nc(Cn2ccccc2=O)n3[C@H]2CCC[C@H](O)C2)N1. The molecule has 2 aromatic heterocycles. The summed E-state index contributed by atoms with van der Waals surface area (Å²) in [5, 5.41) is 13.9. The number of aliphatic hydroxyl groups is 1. The van der Waals surface area contributed by atoms with E-state index in [4.69, 9.17) is 4.98 Å². The number of rotatable bonds is 3. The lowest BCUT2D eigenvalue weighted by molar-refractivity contribution is 0.104. The molecule has 2 N–H and O–H groups in total. The standard InChI is InChI=1S/C23H28N4O2/c1-15-8-9-18-19(24-15)10-11-20-23(18)25-21(14-26-12-3-2-7-22(26)29)27(20)16-5-4-6-17(28)13-16/h2-3,7,10-12,15-17,24,28H,4-6,8-9,13-14H2,1H3/t15-,16-,17-/m0/s1. The fourth-order valence-electron chi connectivity index (χ4n) is 4.99. The van der Waals surface area contributed by atoms with Crippen LogP contribution in [0.5, 0.6) is 0 Å². The molecule has 0 bridgehead atoms. The number of pyridine rings is 1. The predicted octanol–water partition coefficient (Wildman–Crippen LogP) is 3.47. The molecule has 6 heteroatoms. The number of fused-ring (bicyclic) bond motifs is 3. The van der Waals surface area contributed by atoms with Crippen LogP contribution >= 0.6 is 0 Å². The summed E-state index contributed by atoms with van der Waals surface area (Å²) in [4.78, 5) is 17.4. The maximum Gasteiger partial charge on any atom is 0.250 e. The molecular formula is C23H28N4O2. The van der Waals surface area contributed by atoms with Crippen LogP contribution < -0.4 is 10.9 Å². The molecule has 3 heterocycles. The maximum atomic E-state index is 12.3. The highest BCUT2D eigenvalue weighted by molar-refractivity contribution is 5.86. The fourth-order valence-corrected chi connectivity index (χ4v) is 4.99. The molecule has 0 unspecified atom stereocenters. The van der Waals surface area contributed by atoms with E-state index >= 15 is 0 Å². The van der Waals surface area contributed by atoms with Gasteiger partial charge in [-0.15, -0.1) is 0 Å². The van der Waals surface area contributed by atoms with Crippen LogP contribution in [0.1, 0.15) is 56.5 Å². The van der Waals surface area contributed by atoms with Crippen LogP contribution in [0, 0.1) is 0 Å². The number of nitrogens with one attached hydrogen (secondary N) is 1. The topological polar surface area (TPSA) is 72.1 Å². The zero-order valence-electron chi connectivity index (χ0n) is 16.8. The number of nitrogens with zero attached hydrogens (tertiary/aromatic N) is 3. The molecule has 0 amide bonds. The Labute approximate surface area is 170 Å². The zero-order valence-corrected chi connectivity index (χ0v) is 16.8. The van der Waals surface area contributed by atoms with Crippen molar-refractivity contribution in [3.63, 3.8) is 0 Å². The van der Waals surface area contributed by atoms with E-state index in [2.05, 4.69) is 28.9 Å². The molecule has 1 aliphatic heterocycles. The lowest BCUT2D eigenvalue weighted by atomic mass is 9.92. The molecule has 1 aliphatic carbocycles. The second kappa shape index (κ2) is 7.34. The van der Waals surface area contributed by atoms with Crippen molar-refractivity contribution in [1.29, 1.82) is 0 Å². The monoisotopic (exact) mass is 392 g/mol. The molecule has 1 aromatic carbocycles. The zero-order chi connectivity index (χ0) is 20.0. The van der Waals surface area contributed by atoms with Gasteiger partial charge in [0.25, 0.3) is 5.56 Å². The van der Waals surface area contributed by atoms with Crippen LogP contribution in [0.15, 0.2) is 41.3 Å². The number of hydrogen-bond acceptors (Lipinski definition) is 4. The number of benzene rings is 1. The first kappa shape index (κ1) is 18.4. The summed E-state index contributed by atoms with van der Waals surface area (Å²) >= 11 is 0. The molecule has 1 saturated carbocycles. The van der Waals surface area contributed by atoms with E-state index in [1.54, 1.807) is 16.7 Å². The number of imidazole rings is 1. The molecule has 3 aromatic rings. The molecule has 6 nitrogen and oxygen atoms in total. The van der Waals surface area contributed by atoms with Crippen molar-refractivity contribution >= 4 is 16.7 Å². The van der Waals surface area contributed by atoms with Crippen molar-refractivity contribution < 1.29 is 5.11 Å². The van der Waals surface area contributed by atoms with E-state index in [0.717, 1.165) is 55.4 Å². The Bertz CT molecular complexity index is 1100. The Hall–Kier alpha value is -2.60. The van der Waals surface area contributed by atoms with E-state index in [0.29, 0.717) is 12.6 Å². The molecule has 0 saturated heterocycles. The largest absolute Gasteiger partial charge is 0.393 e. The van der Waals surface area contributed by atoms with Gasteiger partial charge in [-0.05, 0) is 63.6 Å². The van der Waals surface area contributed by atoms with Gasteiger partial charge in [-0.25, -0.2) is 4.98 Å². The molecule has 3 atom stereocenters. The first-order chi connectivity index (χ1) is 14.1. The number of hydrogen-bond donors (Lipinski definition) is 2. The Morgan fingerprint density at radius 1 is 1.21 bits per heavy atom. The summed E-state index contributed by atoms with van der Waals surface area (Å²) < 4.78 is 4.01. The lowest BCUT2D eigenvalue weighted by Crippen LogP contribution is -2.26. The number of anilines is 1. The lowest BCUT2D eigenvalue weighted by Gasteiger charge is -2.29. The van der Waals surface area contributed by atoms with Crippen molar-refractivity contribution in [2.45, 2.75) is 70.2 Å². The van der Waals surface area contributed by atoms with Gasteiger partial charge in [-0.3, -0.25) is 4.79 Å². The van der Waals surface area contributed by atoms with Crippen molar-refractivity contribution in [3.8, 4) is 0 Å². The van der Waals surface area contributed by atoms with Gasteiger partial charge in [0, 0.05) is 35.6 Å². The van der Waals surface area contributed by atoms with Crippen LogP contribution in [0.4, 0.5) is 5.69 Å². The Morgan fingerprint density at radius 2 is 2.10 bits per heavy atom. The second-order valence-corrected chi connectivity index (χ2v) is 8.58. The molecule has 2 aliphatic rings. The Kier molecular flexibility index (Phi) is 4.66. The van der Waals surface area contributed by atoms with Gasteiger partial charge in [-0.1, -0.05) is 6.07 Å². The summed E-state index contributed by atoms with van der Waals surface area (Å²) in [6, 6.07) is 10.2. The third kappa shape index (κ3) is 3.35. The average Bonchev–Trinajstić information content (AvgIpc) is 3.08. The van der Waals surface area contributed by atoms with Gasteiger partial charge in [-0.2, -0.15) is 0 Å². The highest BCUT2D eigenvalue weighted by Gasteiger charge is 2.28. The highest BCUT2D eigenvalue weighted by Crippen LogP contribution is 2.37. The average molecular weight is 393 g/mol. The van der Waals surface area contributed by atoms with Crippen molar-refractivity contribution in [1.82, 2.24) is 14.1 Å². The summed E-state index contributed by atoms with van der Waals surface area (Å²) in [6.07, 6.45) is 7.32.